The summed E-state index contributed by atoms with van der Waals surface area (Å²) < 4.78 is 5.65. The van der Waals surface area contributed by atoms with Crippen LogP contribution in [0.15, 0.2) is 29.3 Å². The number of aliphatic imine (C=N–C) groups is 1. The predicted octanol–water partition coefficient (Wildman–Crippen LogP) is 2.17. The molecule has 0 saturated carbocycles. The van der Waals surface area contributed by atoms with Gasteiger partial charge in [0, 0.05) is 38.0 Å². The van der Waals surface area contributed by atoms with E-state index in [0.29, 0.717) is 12.1 Å². The van der Waals surface area contributed by atoms with Crippen LogP contribution >= 0.6 is 0 Å². The van der Waals surface area contributed by atoms with Crippen LogP contribution in [0.1, 0.15) is 32.3 Å². The molecule has 2 N–H and O–H groups in total. The minimum absolute atomic E-state index is 0.297. The van der Waals surface area contributed by atoms with Gasteiger partial charge in [0.2, 0.25) is 0 Å². The third kappa shape index (κ3) is 4.20. The Labute approximate surface area is 145 Å². The highest BCUT2D eigenvalue weighted by Gasteiger charge is 2.24. The minimum Gasteiger partial charge on any atom is -0.376 e. The van der Waals surface area contributed by atoms with Crippen molar-refractivity contribution in [1.82, 2.24) is 10.6 Å². The van der Waals surface area contributed by atoms with E-state index in [2.05, 4.69) is 58.6 Å². The Balaban J connectivity index is 1.50. The molecule has 1 aromatic carbocycles. The number of benzene rings is 1. The van der Waals surface area contributed by atoms with Crippen molar-refractivity contribution < 1.29 is 4.74 Å². The Morgan fingerprint density at radius 1 is 1.33 bits per heavy atom. The molecule has 2 heterocycles. The Hall–Kier alpha value is -1.75. The SMILES string of the molecule is CCNC(=NCC1CCCO1)NCCN1c2ccccc2CC1C. The van der Waals surface area contributed by atoms with Crippen molar-refractivity contribution in [2.45, 2.75) is 45.3 Å². The molecule has 5 nitrogen and oxygen atoms in total. The van der Waals surface area contributed by atoms with Gasteiger partial charge >= 0.3 is 0 Å². The van der Waals surface area contributed by atoms with Crippen molar-refractivity contribution in [3.63, 3.8) is 0 Å². The van der Waals surface area contributed by atoms with Gasteiger partial charge in [-0.25, -0.2) is 0 Å². The topological polar surface area (TPSA) is 48.9 Å². The molecule has 1 fully saturated rings. The lowest BCUT2D eigenvalue weighted by Gasteiger charge is -2.25. The fourth-order valence-electron chi connectivity index (χ4n) is 3.59. The number of guanidine groups is 1. The van der Waals surface area contributed by atoms with Crippen LogP contribution < -0.4 is 15.5 Å². The van der Waals surface area contributed by atoms with Crippen LogP contribution in [-0.4, -0.2) is 50.9 Å². The number of nitrogens with zero attached hydrogens (tertiary/aromatic N) is 2. The zero-order chi connectivity index (χ0) is 16.8. The van der Waals surface area contributed by atoms with Gasteiger partial charge in [-0.15, -0.1) is 0 Å². The normalized spacial score (nSPS) is 23.4. The second-order valence-electron chi connectivity index (χ2n) is 6.66. The maximum Gasteiger partial charge on any atom is 0.191 e. The van der Waals surface area contributed by atoms with Crippen molar-refractivity contribution in [3.8, 4) is 0 Å². The quantitative estimate of drug-likeness (QED) is 0.620. The standard InChI is InChI=1S/C19H30N4O/c1-3-20-19(22-14-17-8-6-12-24-17)21-10-11-23-15(2)13-16-7-4-5-9-18(16)23/h4-5,7,9,15,17H,3,6,8,10-14H2,1-2H3,(H2,20,21,22). The van der Waals surface area contributed by atoms with Crippen LogP contribution in [0.5, 0.6) is 0 Å². The predicted molar refractivity (Wildman–Crippen MR) is 99.9 cm³/mol. The molecule has 132 valence electrons. The maximum absolute atomic E-state index is 5.65. The number of hydrogen-bond donors (Lipinski definition) is 2. The molecule has 5 heteroatoms. The number of rotatable bonds is 6. The Kier molecular flexibility index (Phi) is 5.96. The molecule has 24 heavy (non-hydrogen) atoms. The molecule has 0 aromatic heterocycles. The average Bonchev–Trinajstić information content (AvgIpc) is 3.20. The summed E-state index contributed by atoms with van der Waals surface area (Å²) in [7, 11) is 0. The number of anilines is 1. The lowest BCUT2D eigenvalue weighted by atomic mass is 10.1. The fourth-order valence-corrected chi connectivity index (χ4v) is 3.59. The lowest BCUT2D eigenvalue weighted by Crippen LogP contribution is -2.43. The molecule has 0 aliphatic carbocycles. The van der Waals surface area contributed by atoms with Gasteiger partial charge in [0.1, 0.15) is 0 Å². The number of fused-ring (bicyclic) bond motifs is 1. The van der Waals surface area contributed by atoms with E-state index in [9.17, 15) is 0 Å². The van der Waals surface area contributed by atoms with Crippen LogP contribution in [0, 0.1) is 0 Å². The molecule has 3 rings (SSSR count). The molecule has 0 spiro atoms. The molecule has 2 aliphatic rings. The molecule has 2 atom stereocenters. The molecular weight excluding hydrogens is 300 g/mol. The van der Waals surface area contributed by atoms with Gasteiger partial charge in [0.25, 0.3) is 0 Å². The molecule has 1 saturated heterocycles. The molecule has 0 bridgehead atoms. The second kappa shape index (κ2) is 8.38. The summed E-state index contributed by atoms with van der Waals surface area (Å²) in [5.74, 6) is 0.896. The van der Waals surface area contributed by atoms with E-state index in [1.54, 1.807) is 0 Å². The van der Waals surface area contributed by atoms with E-state index in [1.807, 2.05) is 0 Å². The Bertz CT molecular complexity index is 554. The molecule has 2 unspecified atom stereocenters. The summed E-state index contributed by atoms with van der Waals surface area (Å²) in [6.45, 7) is 8.78. The van der Waals surface area contributed by atoms with Crippen LogP contribution in [0.3, 0.4) is 0 Å². The van der Waals surface area contributed by atoms with E-state index < -0.39 is 0 Å². The van der Waals surface area contributed by atoms with E-state index in [1.165, 1.54) is 11.3 Å². The molecule has 1 aromatic rings. The van der Waals surface area contributed by atoms with Gasteiger partial charge in [-0.3, -0.25) is 4.99 Å². The first-order chi connectivity index (χ1) is 11.8. The van der Waals surface area contributed by atoms with Crippen LogP contribution in [-0.2, 0) is 11.2 Å². The van der Waals surface area contributed by atoms with Crippen molar-refractivity contribution in [2.24, 2.45) is 4.99 Å². The van der Waals surface area contributed by atoms with Gasteiger partial charge in [-0.2, -0.15) is 0 Å². The fraction of sp³-hybridized carbons (Fsp3) is 0.632. The van der Waals surface area contributed by atoms with Gasteiger partial charge in [0.15, 0.2) is 5.96 Å². The van der Waals surface area contributed by atoms with E-state index >= 15 is 0 Å². The van der Waals surface area contributed by atoms with Crippen LogP contribution in [0.2, 0.25) is 0 Å². The number of nitrogens with one attached hydrogen (secondary N) is 2. The van der Waals surface area contributed by atoms with Gasteiger partial charge in [-0.1, -0.05) is 18.2 Å². The largest absolute Gasteiger partial charge is 0.376 e. The highest BCUT2D eigenvalue weighted by atomic mass is 16.5. The highest BCUT2D eigenvalue weighted by molar-refractivity contribution is 5.79. The average molecular weight is 330 g/mol. The third-order valence-electron chi connectivity index (χ3n) is 4.81. The minimum atomic E-state index is 0.297. The van der Waals surface area contributed by atoms with Crippen LogP contribution in [0.25, 0.3) is 0 Å². The summed E-state index contributed by atoms with van der Waals surface area (Å²) in [6, 6.07) is 9.30. The van der Waals surface area contributed by atoms with E-state index in [4.69, 9.17) is 4.74 Å². The van der Waals surface area contributed by atoms with Crippen molar-refractivity contribution in [2.75, 3.05) is 37.7 Å². The van der Waals surface area contributed by atoms with Gasteiger partial charge in [-0.05, 0) is 44.7 Å². The smallest absolute Gasteiger partial charge is 0.191 e. The third-order valence-corrected chi connectivity index (χ3v) is 4.81. The zero-order valence-corrected chi connectivity index (χ0v) is 14.9. The molecule has 2 aliphatic heterocycles. The summed E-state index contributed by atoms with van der Waals surface area (Å²) in [5.41, 5.74) is 2.84. The molecule has 0 radical (unpaired) electrons. The first-order valence-electron chi connectivity index (χ1n) is 9.26. The second-order valence-corrected chi connectivity index (χ2v) is 6.66. The number of ether oxygens (including phenoxy) is 1. The van der Waals surface area contributed by atoms with Crippen molar-refractivity contribution in [3.05, 3.63) is 29.8 Å². The first kappa shape index (κ1) is 17.1. The Morgan fingerprint density at radius 2 is 2.21 bits per heavy atom. The maximum atomic E-state index is 5.65. The number of hydrogen-bond acceptors (Lipinski definition) is 3. The Morgan fingerprint density at radius 3 is 3.00 bits per heavy atom. The summed E-state index contributed by atoms with van der Waals surface area (Å²) >= 11 is 0. The lowest BCUT2D eigenvalue weighted by molar-refractivity contribution is 0.117. The van der Waals surface area contributed by atoms with E-state index in [0.717, 1.165) is 58.0 Å². The van der Waals surface area contributed by atoms with Crippen molar-refractivity contribution in [1.29, 1.82) is 0 Å². The van der Waals surface area contributed by atoms with Crippen LogP contribution in [0.4, 0.5) is 5.69 Å². The van der Waals surface area contributed by atoms with E-state index in [-0.39, 0.29) is 0 Å². The van der Waals surface area contributed by atoms with Gasteiger partial charge < -0.3 is 20.3 Å². The summed E-state index contributed by atoms with van der Waals surface area (Å²) in [4.78, 5) is 7.17. The molecular formula is C19H30N4O. The van der Waals surface area contributed by atoms with Crippen molar-refractivity contribution >= 4 is 11.6 Å². The zero-order valence-electron chi connectivity index (χ0n) is 14.9. The monoisotopic (exact) mass is 330 g/mol. The van der Waals surface area contributed by atoms with Gasteiger partial charge in [0.05, 0.1) is 12.6 Å². The summed E-state index contributed by atoms with van der Waals surface area (Å²) in [6.07, 6.45) is 3.73. The highest BCUT2D eigenvalue weighted by Crippen LogP contribution is 2.31. The first-order valence-corrected chi connectivity index (χ1v) is 9.26. The summed E-state index contributed by atoms with van der Waals surface area (Å²) in [5, 5.41) is 6.79. The number of para-hydroxylation sites is 1. The molecule has 0 amide bonds.